The topological polar surface area (TPSA) is 82.3 Å². The smallest absolute Gasteiger partial charge is 0.227 e. The molecule has 0 amide bonds. The molecule has 0 aliphatic rings. The minimum Gasteiger partial charge on any atom is -0.497 e. The van der Waals surface area contributed by atoms with Crippen molar-refractivity contribution in [2.24, 2.45) is 5.73 Å². The lowest BCUT2D eigenvalue weighted by molar-refractivity contribution is 0.405. The van der Waals surface area contributed by atoms with E-state index >= 15 is 0 Å². The average molecular weight is 290 g/mol. The molecule has 0 unspecified atom stereocenters. The van der Waals surface area contributed by atoms with Crippen molar-refractivity contribution in [2.45, 2.75) is 0 Å². The zero-order valence-corrected chi connectivity index (χ0v) is 11.9. The number of methoxy groups -OCH3 is 2. The van der Waals surface area contributed by atoms with Crippen LogP contribution in [0.2, 0.25) is 0 Å². The van der Waals surface area contributed by atoms with Crippen LogP contribution in [0.3, 0.4) is 0 Å². The van der Waals surface area contributed by atoms with Crippen molar-refractivity contribution >= 4 is 28.8 Å². The molecule has 20 heavy (non-hydrogen) atoms. The fourth-order valence-corrected chi connectivity index (χ4v) is 1.70. The number of thiocarbonyl (C=S) groups is 1. The molecule has 0 radical (unpaired) electrons. The molecule has 0 aliphatic carbocycles. The Hall–Kier alpha value is -2.41. The second-order valence-electron chi connectivity index (χ2n) is 3.82. The number of ether oxygens (including phenoxy) is 2. The molecule has 0 aliphatic heterocycles. The standard InChI is InChI=1S/C13H14N4O2S/c1-18-8-3-4-11(19-2)10(7-8)17-13-15-6-5-9(16-13)12(14)20/h3-7H,1-2H3,(H2,14,20)(H,15,16,17). The molecule has 7 heteroatoms. The second kappa shape index (κ2) is 6.16. The molecule has 0 fully saturated rings. The summed E-state index contributed by atoms with van der Waals surface area (Å²) in [4.78, 5) is 8.54. The van der Waals surface area contributed by atoms with Gasteiger partial charge in [-0.3, -0.25) is 0 Å². The van der Waals surface area contributed by atoms with E-state index in [1.165, 1.54) is 0 Å². The first-order valence-electron chi connectivity index (χ1n) is 5.76. The van der Waals surface area contributed by atoms with E-state index in [-0.39, 0.29) is 4.99 Å². The zero-order chi connectivity index (χ0) is 14.5. The van der Waals surface area contributed by atoms with Gasteiger partial charge in [0.2, 0.25) is 5.95 Å². The molecule has 3 N–H and O–H groups in total. The Balaban J connectivity index is 2.33. The Kier molecular flexibility index (Phi) is 4.31. The Morgan fingerprint density at radius 3 is 2.70 bits per heavy atom. The largest absolute Gasteiger partial charge is 0.497 e. The second-order valence-corrected chi connectivity index (χ2v) is 4.26. The van der Waals surface area contributed by atoms with Gasteiger partial charge in [0.1, 0.15) is 22.2 Å². The fourth-order valence-electron chi connectivity index (χ4n) is 1.59. The van der Waals surface area contributed by atoms with Crippen molar-refractivity contribution in [3.8, 4) is 11.5 Å². The van der Waals surface area contributed by atoms with Gasteiger partial charge in [-0.05, 0) is 18.2 Å². The minimum atomic E-state index is 0.216. The van der Waals surface area contributed by atoms with Crippen LogP contribution >= 0.6 is 12.2 Å². The summed E-state index contributed by atoms with van der Waals surface area (Å²) in [6.45, 7) is 0. The molecule has 0 atom stereocenters. The number of hydrogen-bond donors (Lipinski definition) is 2. The SMILES string of the molecule is COc1ccc(OC)c(Nc2nccc(C(N)=S)n2)c1. The number of benzene rings is 1. The first-order valence-corrected chi connectivity index (χ1v) is 6.16. The highest BCUT2D eigenvalue weighted by Crippen LogP contribution is 2.30. The van der Waals surface area contributed by atoms with Gasteiger partial charge in [0.15, 0.2) is 0 Å². The summed E-state index contributed by atoms with van der Waals surface area (Å²) in [7, 11) is 3.18. The van der Waals surface area contributed by atoms with Gasteiger partial charge in [0, 0.05) is 12.3 Å². The number of aromatic nitrogens is 2. The van der Waals surface area contributed by atoms with Crippen molar-refractivity contribution in [1.82, 2.24) is 9.97 Å². The van der Waals surface area contributed by atoms with E-state index in [4.69, 9.17) is 27.4 Å². The number of nitrogens with zero attached hydrogens (tertiary/aromatic N) is 2. The average Bonchev–Trinajstić information content (AvgIpc) is 2.47. The van der Waals surface area contributed by atoms with Gasteiger partial charge in [-0.25, -0.2) is 9.97 Å². The lowest BCUT2D eigenvalue weighted by atomic mass is 10.2. The summed E-state index contributed by atoms with van der Waals surface area (Å²) in [6, 6.07) is 7.03. The van der Waals surface area contributed by atoms with Crippen LogP contribution < -0.4 is 20.5 Å². The third-order valence-electron chi connectivity index (χ3n) is 2.56. The molecular weight excluding hydrogens is 276 g/mol. The maximum absolute atomic E-state index is 5.55. The summed E-state index contributed by atoms with van der Waals surface area (Å²) in [5.41, 5.74) is 6.73. The van der Waals surface area contributed by atoms with E-state index in [1.807, 2.05) is 0 Å². The zero-order valence-electron chi connectivity index (χ0n) is 11.1. The molecule has 104 valence electrons. The number of nitrogens with one attached hydrogen (secondary N) is 1. The van der Waals surface area contributed by atoms with Gasteiger partial charge < -0.3 is 20.5 Å². The van der Waals surface area contributed by atoms with E-state index < -0.39 is 0 Å². The van der Waals surface area contributed by atoms with Crippen LogP contribution in [0.4, 0.5) is 11.6 Å². The Morgan fingerprint density at radius 1 is 1.25 bits per heavy atom. The normalized spacial score (nSPS) is 9.90. The first-order chi connectivity index (χ1) is 9.63. The highest BCUT2D eigenvalue weighted by molar-refractivity contribution is 7.80. The molecule has 1 heterocycles. The number of anilines is 2. The number of hydrogen-bond acceptors (Lipinski definition) is 6. The summed E-state index contributed by atoms with van der Waals surface area (Å²) < 4.78 is 10.4. The first kappa shape index (κ1) is 14.0. The van der Waals surface area contributed by atoms with Crippen LogP contribution in [0, 0.1) is 0 Å². The predicted molar refractivity (Wildman–Crippen MR) is 80.7 cm³/mol. The van der Waals surface area contributed by atoms with Crippen molar-refractivity contribution in [3.63, 3.8) is 0 Å². The minimum absolute atomic E-state index is 0.216. The summed E-state index contributed by atoms with van der Waals surface area (Å²) >= 11 is 4.89. The van der Waals surface area contributed by atoms with E-state index in [0.29, 0.717) is 28.8 Å². The van der Waals surface area contributed by atoms with Crippen molar-refractivity contribution in [1.29, 1.82) is 0 Å². The van der Waals surface area contributed by atoms with Gasteiger partial charge in [-0.2, -0.15) is 0 Å². The van der Waals surface area contributed by atoms with Crippen molar-refractivity contribution in [2.75, 3.05) is 19.5 Å². The molecule has 1 aromatic heterocycles. The Bertz CT molecular complexity index is 634. The van der Waals surface area contributed by atoms with Gasteiger partial charge in [-0.15, -0.1) is 0 Å². The lowest BCUT2D eigenvalue weighted by Gasteiger charge is -2.11. The maximum atomic E-state index is 5.55. The monoisotopic (exact) mass is 290 g/mol. The van der Waals surface area contributed by atoms with Gasteiger partial charge in [0.25, 0.3) is 0 Å². The molecule has 0 spiro atoms. The van der Waals surface area contributed by atoms with Gasteiger partial charge in [0.05, 0.1) is 19.9 Å². The summed E-state index contributed by atoms with van der Waals surface area (Å²) in [5, 5.41) is 3.05. The predicted octanol–water partition coefficient (Wildman–Crippen LogP) is 1.87. The quantitative estimate of drug-likeness (QED) is 0.813. The molecule has 1 aromatic carbocycles. The Labute approximate surface area is 121 Å². The van der Waals surface area contributed by atoms with E-state index in [2.05, 4.69) is 15.3 Å². The van der Waals surface area contributed by atoms with Crippen LogP contribution in [-0.2, 0) is 0 Å². The highest BCUT2D eigenvalue weighted by atomic mass is 32.1. The van der Waals surface area contributed by atoms with Crippen LogP contribution in [0.15, 0.2) is 30.5 Å². The number of rotatable bonds is 5. The van der Waals surface area contributed by atoms with Crippen LogP contribution in [0.5, 0.6) is 11.5 Å². The molecule has 0 bridgehead atoms. The lowest BCUT2D eigenvalue weighted by Crippen LogP contribution is -2.13. The maximum Gasteiger partial charge on any atom is 0.227 e. The van der Waals surface area contributed by atoms with Gasteiger partial charge >= 0.3 is 0 Å². The summed E-state index contributed by atoms with van der Waals surface area (Å²) in [5.74, 6) is 1.72. The van der Waals surface area contributed by atoms with E-state index in [0.717, 1.165) is 0 Å². The highest BCUT2D eigenvalue weighted by Gasteiger charge is 2.08. The molecule has 6 nitrogen and oxygen atoms in total. The molecular formula is C13H14N4O2S. The van der Waals surface area contributed by atoms with Crippen molar-refractivity contribution < 1.29 is 9.47 Å². The fraction of sp³-hybridized carbons (Fsp3) is 0.154. The van der Waals surface area contributed by atoms with E-state index in [9.17, 15) is 0 Å². The molecule has 0 saturated heterocycles. The van der Waals surface area contributed by atoms with E-state index in [1.54, 1.807) is 44.7 Å². The summed E-state index contributed by atoms with van der Waals surface area (Å²) in [6.07, 6.45) is 1.58. The van der Waals surface area contributed by atoms with Gasteiger partial charge in [-0.1, -0.05) is 12.2 Å². The Morgan fingerprint density at radius 2 is 2.05 bits per heavy atom. The molecule has 0 saturated carbocycles. The molecule has 2 rings (SSSR count). The van der Waals surface area contributed by atoms with Crippen molar-refractivity contribution in [3.05, 3.63) is 36.2 Å². The molecule has 2 aromatic rings. The van der Waals surface area contributed by atoms with Crippen LogP contribution in [-0.4, -0.2) is 29.2 Å². The number of nitrogens with two attached hydrogens (primary N) is 1. The third kappa shape index (κ3) is 3.12. The van der Waals surface area contributed by atoms with Crippen LogP contribution in [0.1, 0.15) is 5.69 Å². The third-order valence-corrected chi connectivity index (χ3v) is 2.77. The van der Waals surface area contributed by atoms with Crippen LogP contribution in [0.25, 0.3) is 0 Å².